The first-order chi connectivity index (χ1) is 11.1. The Balaban J connectivity index is 2.00. The maximum absolute atomic E-state index is 12.3. The highest BCUT2D eigenvalue weighted by Gasteiger charge is 2.16. The van der Waals surface area contributed by atoms with E-state index in [-0.39, 0.29) is 5.91 Å². The molecule has 3 nitrogen and oxygen atoms in total. The zero-order valence-corrected chi connectivity index (χ0v) is 14.2. The quantitative estimate of drug-likeness (QED) is 0.593. The third-order valence-corrected chi connectivity index (χ3v) is 4.27. The summed E-state index contributed by atoms with van der Waals surface area (Å²) in [5.74, 6) is 1.31. The summed E-state index contributed by atoms with van der Waals surface area (Å²) in [6, 6.07) is 15.4. The van der Waals surface area contributed by atoms with Gasteiger partial charge in [-0.25, -0.2) is 0 Å². The molecule has 0 aliphatic rings. The summed E-state index contributed by atoms with van der Waals surface area (Å²) >= 11 is 1.63. The van der Waals surface area contributed by atoms with Gasteiger partial charge in [-0.05, 0) is 38.1 Å². The van der Waals surface area contributed by atoms with Gasteiger partial charge in [-0.3, -0.25) is 4.79 Å². The van der Waals surface area contributed by atoms with Crippen LogP contribution in [0.3, 0.4) is 0 Å². The van der Waals surface area contributed by atoms with Gasteiger partial charge in [0.05, 0.1) is 5.69 Å². The van der Waals surface area contributed by atoms with Crippen molar-refractivity contribution in [1.82, 2.24) is 0 Å². The summed E-state index contributed by atoms with van der Waals surface area (Å²) in [6.45, 7) is 7.48. The van der Waals surface area contributed by atoms with E-state index in [1.807, 2.05) is 61.5 Å². The first kappa shape index (κ1) is 17.2. The lowest BCUT2D eigenvalue weighted by Gasteiger charge is -2.16. The second kappa shape index (κ2) is 8.44. The molecule has 0 unspecified atom stereocenters. The fourth-order valence-electron chi connectivity index (χ4n) is 1.95. The Kier molecular flexibility index (Phi) is 6.29. The summed E-state index contributed by atoms with van der Waals surface area (Å²) in [5, 5.41) is 2.93. The molecular weight excluding hydrogens is 306 g/mol. The molecule has 0 saturated carbocycles. The van der Waals surface area contributed by atoms with Crippen LogP contribution in [0.4, 0.5) is 5.69 Å². The van der Waals surface area contributed by atoms with Crippen LogP contribution in [0, 0.1) is 6.92 Å². The smallest absolute Gasteiger partial charge is 0.265 e. The topological polar surface area (TPSA) is 38.3 Å². The first-order valence-corrected chi connectivity index (χ1v) is 8.45. The number of para-hydroxylation sites is 1. The minimum absolute atomic E-state index is 0.169. The molecule has 2 aromatic rings. The van der Waals surface area contributed by atoms with Crippen molar-refractivity contribution in [3.8, 4) is 5.75 Å². The average Bonchev–Trinajstić information content (AvgIpc) is 2.56. The molecule has 120 valence electrons. The van der Waals surface area contributed by atoms with Gasteiger partial charge in [0.2, 0.25) is 0 Å². The molecule has 0 fully saturated rings. The zero-order chi connectivity index (χ0) is 16.7. The Morgan fingerprint density at radius 2 is 1.96 bits per heavy atom. The van der Waals surface area contributed by atoms with Gasteiger partial charge in [0, 0.05) is 10.6 Å². The van der Waals surface area contributed by atoms with Crippen LogP contribution in [0.25, 0.3) is 0 Å². The van der Waals surface area contributed by atoms with Crippen molar-refractivity contribution in [2.45, 2.75) is 24.8 Å². The van der Waals surface area contributed by atoms with Gasteiger partial charge < -0.3 is 10.1 Å². The van der Waals surface area contributed by atoms with Crippen molar-refractivity contribution < 1.29 is 9.53 Å². The minimum Gasteiger partial charge on any atom is -0.481 e. The van der Waals surface area contributed by atoms with Crippen LogP contribution < -0.4 is 10.1 Å². The number of amides is 1. The summed E-state index contributed by atoms with van der Waals surface area (Å²) in [5.41, 5.74) is 1.95. The number of thioether (sulfide) groups is 1. The molecule has 2 aromatic carbocycles. The molecule has 1 N–H and O–H groups in total. The van der Waals surface area contributed by atoms with E-state index >= 15 is 0 Å². The highest BCUT2D eigenvalue weighted by atomic mass is 32.2. The summed E-state index contributed by atoms with van der Waals surface area (Å²) in [6.07, 6.45) is 1.27. The number of carbonyl (C=O) groups is 1. The summed E-state index contributed by atoms with van der Waals surface area (Å²) < 4.78 is 5.69. The van der Waals surface area contributed by atoms with Crippen molar-refractivity contribution in [3.05, 3.63) is 66.7 Å². The first-order valence-electron chi connectivity index (χ1n) is 7.47. The van der Waals surface area contributed by atoms with E-state index in [0.717, 1.165) is 21.9 Å². The van der Waals surface area contributed by atoms with Gasteiger partial charge in [0.25, 0.3) is 5.91 Å². The van der Waals surface area contributed by atoms with E-state index in [9.17, 15) is 4.79 Å². The molecule has 4 heteroatoms. The van der Waals surface area contributed by atoms with Crippen LogP contribution in [0.15, 0.2) is 66.1 Å². The van der Waals surface area contributed by atoms with E-state index in [0.29, 0.717) is 5.75 Å². The van der Waals surface area contributed by atoms with E-state index in [1.54, 1.807) is 18.7 Å². The Morgan fingerprint density at radius 3 is 2.65 bits per heavy atom. The van der Waals surface area contributed by atoms with Gasteiger partial charge in [-0.15, -0.1) is 18.3 Å². The van der Waals surface area contributed by atoms with Crippen LogP contribution in [-0.2, 0) is 4.79 Å². The van der Waals surface area contributed by atoms with Crippen LogP contribution in [0.5, 0.6) is 5.75 Å². The molecule has 2 rings (SSSR count). The van der Waals surface area contributed by atoms with Crippen molar-refractivity contribution in [3.63, 3.8) is 0 Å². The molecule has 0 spiro atoms. The highest BCUT2D eigenvalue weighted by molar-refractivity contribution is 7.99. The maximum Gasteiger partial charge on any atom is 0.265 e. The third-order valence-electron chi connectivity index (χ3n) is 3.20. The van der Waals surface area contributed by atoms with Gasteiger partial charge in [-0.2, -0.15) is 0 Å². The summed E-state index contributed by atoms with van der Waals surface area (Å²) in [7, 11) is 0. The molecule has 0 heterocycles. The third kappa shape index (κ3) is 5.18. The van der Waals surface area contributed by atoms with Gasteiger partial charge in [-0.1, -0.05) is 35.9 Å². The number of anilines is 1. The van der Waals surface area contributed by atoms with E-state index in [1.165, 1.54) is 0 Å². The van der Waals surface area contributed by atoms with Crippen LogP contribution in [0.1, 0.15) is 12.5 Å². The number of benzene rings is 2. The van der Waals surface area contributed by atoms with E-state index in [4.69, 9.17) is 4.74 Å². The second-order valence-electron chi connectivity index (χ2n) is 5.16. The van der Waals surface area contributed by atoms with Gasteiger partial charge in [0.1, 0.15) is 5.75 Å². The SMILES string of the molecule is C=CCSc1ccccc1NC(=O)[C@H](C)Oc1ccc(C)cc1. The van der Waals surface area contributed by atoms with Crippen molar-refractivity contribution >= 4 is 23.4 Å². The normalized spacial score (nSPS) is 11.6. The lowest BCUT2D eigenvalue weighted by Crippen LogP contribution is -2.30. The molecule has 0 saturated heterocycles. The van der Waals surface area contributed by atoms with Crippen molar-refractivity contribution in [2.24, 2.45) is 0 Å². The van der Waals surface area contributed by atoms with Crippen molar-refractivity contribution in [2.75, 3.05) is 11.1 Å². The largest absolute Gasteiger partial charge is 0.481 e. The number of nitrogens with one attached hydrogen (secondary N) is 1. The van der Waals surface area contributed by atoms with E-state index < -0.39 is 6.10 Å². The molecule has 1 amide bonds. The molecule has 0 aromatic heterocycles. The molecule has 1 atom stereocenters. The monoisotopic (exact) mass is 327 g/mol. The molecular formula is C19H21NO2S. The zero-order valence-electron chi connectivity index (χ0n) is 13.4. The van der Waals surface area contributed by atoms with Crippen LogP contribution >= 0.6 is 11.8 Å². The molecule has 0 aliphatic carbocycles. The fourth-order valence-corrected chi connectivity index (χ4v) is 2.70. The lowest BCUT2D eigenvalue weighted by atomic mass is 10.2. The van der Waals surface area contributed by atoms with Crippen LogP contribution in [-0.4, -0.2) is 17.8 Å². The predicted molar refractivity (Wildman–Crippen MR) is 97.3 cm³/mol. The van der Waals surface area contributed by atoms with Crippen molar-refractivity contribution in [1.29, 1.82) is 0 Å². The maximum atomic E-state index is 12.3. The molecule has 23 heavy (non-hydrogen) atoms. The van der Waals surface area contributed by atoms with Gasteiger partial charge in [0.15, 0.2) is 6.10 Å². The number of rotatable bonds is 7. The number of ether oxygens (including phenoxy) is 1. The number of hydrogen-bond donors (Lipinski definition) is 1. The molecule has 0 bridgehead atoms. The number of hydrogen-bond acceptors (Lipinski definition) is 3. The molecule has 0 aliphatic heterocycles. The van der Waals surface area contributed by atoms with E-state index in [2.05, 4.69) is 11.9 Å². The number of carbonyl (C=O) groups excluding carboxylic acids is 1. The number of aryl methyl sites for hydroxylation is 1. The van der Waals surface area contributed by atoms with Gasteiger partial charge >= 0.3 is 0 Å². The minimum atomic E-state index is -0.574. The Morgan fingerprint density at radius 1 is 1.26 bits per heavy atom. The Bertz CT molecular complexity index is 667. The Labute approximate surface area is 141 Å². The lowest BCUT2D eigenvalue weighted by molar-refractivity contribution is -0.122. The van der Waals surface area contributed by atoms with Crippen LogP contribution in [0.2, 0.25) is 0 Å². The summed E-state index contributed by atoms with van der Waals surface area (Å²) in [4.78, 5) is 13.4. The fraction of sp³-hybridized carbons (Fsp3) is 0.211. The average molecular weight is 327 g/mol. The molecule has 0 radical (unpaired) electrons. The second-order valence-corrected chi connectivity index (χ2v) is 6.22. The Hall–Kier alpha value is -2.20. The predicted octanol–water partition coefficient (Wildman–Crippen LogP) is 4.68. The highest BCUT2D eigenvalue weighted by Crippen LogP contribution is 2.27. The standard InChI is InChI=1S/C19H21NO2S/c1-4-13-23-18-8-6-5-7-17(18)20-19(21)15(3)22-16-11-9-14(2)10-12-16/h4-12,15H,1,13H2,2-3H3,(H,20,21)/t15-/m0/s1.